The molecule has 0 aliphatic carbocycles. The van der Waals surface area contributed by atoms with Crippen LogP contribution < -0.4 is 5.32 Å². The predicted octanol–water partition coefficient (Wildman–Crippen LogP) is 2.73. The average molecular weight is 309 g/mol. The molecule has 1 amide bonds. The number of amides is 1. The average Bonchev–Trinajstić information content (AvgIpc) is 2.85. The Hall–Kier alpha value is -1.10. The Bertz CT molecular complexity index is 517. The van der Waals surface area contributed by atoms with E-state index in [2.05, 4.69) is 5.32 Å². The topological polar surface area (TPSA) is 41.6 Å². The molecule has 21 heavy (non-hydrogen) atoms. The van der Waals surface area contributed by atoms with Crippen LogP contribution >= 0.6 is 11.6 Å². The highest BCUT2D eigenvalue weighted by molar-refractivity contribution is 6.30. The summed E-state index contributed by atoms with van der Waals surface area (Å²) < 4.78 is 5.57. The number of rotatable bonds is 3. The lowest BCUT2D eigenvalue weighted by molar-refractivity contribution is -0.135. The maximum atomic E-state index is 12.7. The molecule has 0 spiro atoms. The predicted molar refractivity (Wildman–Crippen MR) is 82.1 cm³/mol. The molecule has 1 aromatic carbocycles. The van der Waals surface area contributed by atoms with Crippen LogP contribution in [0, 0.1) is 0 Å². The lowest BCUT2D eigenvalue weighted by Gasteiger charge is -2.35. The van der Waals surface area contributed by atoms with Gasteiger partial charge in [0.15, 0.2) is 0 Å². The van der Waals surface area contributed by atoms with Gasteiger partial charge in [0.1, 0.15) is 6.17 Å². The van der Waals surface area contributed by atoms with Crippen LogP contribution in [0.25, 0.3) is 0 Å². The van der Waals surface area contributed by atoms with Crippen molar-refractivity contribution in [2.24, 2.45) is 0 Å². The van der Waals surface area contributed by atoms with Crippen LogP contribution in [0.5, 0.6) is 0 Å². The number of carbonyl (C=O) groups excluding carboxylic acids is 1. The van der Waals surface area contributed by atoms with Gasteiger partial charge in [0.05, 0.1) is 18.7 Å². The van der Waals surface area contributed by atoms with Gasteiger partial charge in [-0.05, 0) is 37.0 Å². The van der Waals surface area contributed by atoms with Gasteiger partial charge in [0, 0.05) is 11.6 Å². The van der Waals surface area contributed by atoms with Crippen LogP contribution in [0.1, 0.15) is 37.9 Å². The lowest BCUT2D eigenvalue weighted by Crippen LogP contribution is -2.44. The summed E-state index contributed by atoms with van der Waals surface area (Å²) in [5, 5.41) is 4.14. The second kappa shape index (κ2) is 6.34. The van der Waals surface area contributed by atoms with Gasteiger partial charge >= 0.3 is 0 Å². The fourth-order valence-corrected chi connectivity index (χ4v) is 3.41. The van der Waals surface area contributed by atoms with Crippen molar-refractivity contribution in [1.82, 2.24) is 10.2 Å². The first-order chi connectivity index (χ1) is 10.2. The smallest absolute Gasteiger partial charge is 0.241 e. The molecule has 3 atom stereocenters. The highest BCUT2D eigenvalue weighted by Crippen LogP contribution is 2.32. The van der Waals surface area contributed by atoms with Crippen molar-refractivity contribution >= 4 is 17.5 Å². The van der Waals surface area contributed by atoms with E-state index in [0.717, 1.165) is 31.4 Å². The summed E-state index contributed by atoms with van der Waals surface area (Å²) in [4.78, 5) is 14.7. The number of nitrogens with one attached hydrogen (secondary N) is 1. The van der Waals surface area contributed by atoms with Gasteiger partial charge in [-0.2, -0.15) is 0 Å². The molecule has 2 heterocycles. The van der Waals surface area contributed by atoms with Gasteiger partial charge in [0.25, 0.3) is 0 Å². The van der Waals surface area contributed by atoms with E-state index in [1.807, 2.05) is 36.1 Å². The van der Waals surface area contributed by atoms with E-state index in [4.69, 9.17) is 16.3 Å². The van der Waals surface area contributed by atoms with E-state index in [0.29, 0.717) is 11.6 Å². The van der Waals surface area contributed by atoms with Crippen molar-refractivity contribution in [3.63, 3.8) is 0 Å². The molecule has 2 aliphatic rings. The highest BCUT2D eigenvalue weighted by atomic mass is 35.5. The van der Waals surface area contributed by atoms with Gasteiger partial charge in [-0.15, -0.1) is 0 Å². The van der Waals surface area contributed by atoms with Crippen LogP contribution in [0.3, 0.4) is 0 Å². The maximum Gasteiger partial charge on any atom is 0.241 e. The van der Waals surface area contributed by atoms with Gasteiger partial charge in [0.2, 0.25) is 5.91 Å². The molecule has 5 heteroatoms. The third-order valence-corrected chi connectivity index (χ3v) is 4.53. The van der Waals surface area contributed by atoms with Crippen molar-refractivity contribution in [1.29, 1.82) is 0 Å². The Morgan fingerprint density at radius 2 is 2.33 bits per heavy atom. The molecular weight excluding hydrogens is 288 g/mol. The third kappa shape index (κ3) is 2.93. The lowest BCUT2D eigenvalue weighted by atomic mass is 10.1. The number of carbonyl (C=O) groups is 1. The molecule has 0 radical (unpaired) electrons. The van der Waals surface area contributed by atoms with Crippen LogP contribution in [-0.2, 0) is 9.53 Å². The Labute approximate surface area is 130 Å². The fraction of sp³-hybridized carbons (Fsp3) is 0.562. The van der Waals surface area contributed by atoms with Crippen LogP contribution in [-0.4, -0.2) is 36.1 Å². The van der Waals surface area contributed by atoms with E-state index in [1.54, 1.807) is 0 Å². The van der Waals surface area contributed by atoms with E-state index in [1.165, 1.54) is 0 Å². The van der Waals surface area contributed by atoms with Gasteiger partial charge in [-0.3, -0.25) is 10.1 Å². The first-order valence-corrected chi connectivity index (χ1v) is 8.00. The van der Waals surface area contributed by atoms with Gasteiger partial charge in [-0.25, -0.2) is 0 Å². The SMILES string of the molecule is CCC1NC(c2cccc(Cl)c2)N(C2CCCOC2)C1=O. The van der Waals surface area contributed by atoms with Crippen molar-refractivity contribution < 1.29 is 9.53 Å². The zero-order valence-electron chi connectivity index (χ0n) is 12.2. The molecule has 0 saturated carbocycles. The van der Waals surface area contributed by atoms with E-state index in [-0.39, 0.29) is 24.2 Å². The molecule has 114 valence electrons. The molecule has 0 bridgehead atoms. The summed E-state index contributed by atoms with van der Waals surface area (Å²) in [7, 11) is 0. The standard InChI is InChI=1S/C16H21ClN2O2/c1-2-14-16(20)19(13-7-4-8-21-10-13)15(18-14)11-5-3-6-12(17)9-11/h3,5-6,9,13-15,18H,2,4,7-8,10H2,1H3. The summed E-state index contributed by atoms with van der Waals surface area (Å²) in [6.45, 7) is 3.46. The fourth-order valence-electron chi connectivity index (χ4n) is 3.21. The van der Waals surface area contributed by atoms with Crippen molar-refractivity contribution in [3.8, 4) is 0 Å². The van der Waals surface area contributed by atoms with Crippen molar-refractivity contribution in [3.05, 3.63) is 34.9 Å². The minimum absolute atomic E-state index is 0.104. The molecule has 2 aliphatic heterocycles. The first-order valence-electron chi connectivity index (χ1n) is 7.62. The summed E-state index contributed by atoms with van der Waals surface area (Å²) >= 11 is 6.11. The van der Waals surface area contributed by atoms with Gasteiger partial charge < -0.3 is 9.64 Å². The maximum absolute atomic E-state index is 12.7. The number of nitrogens with zero attached hydrogens (tertiary/aromatic N) is 1. The largest absolute Gasteiger partial charge is 0.379 e. The zero-order chi connectivity index (χ0) is 14.8. The molecule has 1 N–H and O–H groups in total. The Balaban J connectivity index is 1.90. The molecule has 3 rings (SSSR count). The summed E-state index contributed by atoms with van der Waals surface area (Å²) in [5.41, 5.74) is 1.04. The van der Waals surface area contributed by atoms with Crippen LogP contribution in [0.4, 0.5) is 0 Å². The molecule has 2 saturated heterocycles. The zero-order valence-corrected chi connectivity index (χ0v) is 13.0. The first kappa shape index (κ1) is 14.8. The Morgan fingerprint density at radius 1 is 1.48 bits per heavy atom. The number of ether oxygens (including phenoxy) is 1. The molecule has 4 nitrogen and oxygen atoms in total. The van der Waals surface area contributed by atoms with E-state index >= 15 is 0 Å². The molecule has 0 aromatic heterocycles. The van der Waals surface area contributed by atoms with E-state index in [9.17, 15) is 4.79 Å². The van der Waals surface area contributed by atoms with E-state index < -0.39 is 0 Å². The summed E-state index contributed by atoms with van der Waals surface area (Å²) in [6, 6.07) is 7.77. The minimum atomic E-state index is -0.115. The van der Waals surface area contributed by atoms with Gasteiger partial charge in [-0.1, -0.05) is 30.7 Å². The molecule has 3 unspecified atom stereocenters. The number of hydrogen-bond acceptors (Lipinski definition) is 3. The number of hydrogen-bond donors (Lipinski definition) is 1. The second-order valence-electron chi connectivity index (χ2n) is 5.70. The number of benzene rings is 1. The van der Waals surface area contributed by atoms with Crippen molar-refractivity contribution in [2.45, 2.75) is 44.4 Å². The number of halogens is 1. The minimum Gasteiger partial charge on any atom is -0.379 e. The monoisotopic (exact) mass is 308 g/mol. The third-order valence-electron chi connectivity index (χ3n) is 4.29. The van der Waals surface area contributed by atoms with Crippen LogP contribution in [0.2, 0.25) is 5.02 Å². The normalized spacial score (nSPS) is 29.9. The molecular formula is C16H21ClN2O2. The van der Waals surface area contributed by atoms with Crippen molar-refractivity contribution in [2.75, 3.05) is 13.2 Å². The Morgan fingerprint density at radius 3 is 3.00 bits per heavy atom. The van der Waals surface area contributed by atoms with Crippen LogP contribution in [0.15, 0.2) is 24.3 Å². The summed E-state index contributed by atoms with van der Waals surface area (Å²) in [5.74, 6) is 0.179. The Kier molecular flexibility index (Phi) is 4.48. The second-order valence-corrected chi connectivity index (χ2v) is 6.14. The molecule has 2 fully saturated rings. The highest BCUT2D eigenvalue weighted by Gasteiger charge is 2.42. The summed E-state index contributed by atoms with van der Waals surface area (Å²) in [6.07, 6.45) is 2.70. The molecule has 1 aromatic rings. The quantitative estimate of drug-likeness (QED) is 0.933.